The molecule has 0 N–H and O–H groups in total. The van der Waals surface area contributed by atoms with Gasteiger partial charge in [0.2, 0.25) is 0 Å². The van der Waals surface area contributed by atoms with E-state index >= 15 is 0 Å². The molecule has 1 aromatic rings. The lowest BCUT2D eigenvalue weighted by atomic mass is 10.2. The summed E-state index contributed by atoms with van der Waals surface area (Å²) in [5, 5.41) is 0.766. The van der Waals surface area contributed by atoms with Crippen LogP contribution in [0.15, 0.2) is 18.2 Å². The van der Waals surface area contributed by atoms with Crippen LogP contribution in [0.25, 0.3) is 0 Å². The van der Waals surface area contributed by atoms with Crippen LogP contribution in [0.3, 0.4) is 0 Å². The van der Waals surface area contributed by atoms with Crippen LogP contribution >= 0.6 is 23.2 Å². The monoisotopic (exact) mass is 259 g/mol. The van der Waals surface area contributed by atoms with Crippen LogP contribution in [0.1, 0.15) is 32.3 Å². The van der Waals surface area contributed by atoms with Crippen molar-refractivity contribution in [3.05, 3.63) is 28.8 Å². The Morgan fingerprint density at radius 2 is 2.00 bits per heavy atom. The molecule has 0 aliphatic heterocycles. The summed E-state index contributed by atoms with van der Waals surface area (Å²) in [6.07, 6.45) is 2.42. The number of rotatable bonds is 6. The Labute approximate surface area is 108 Å². The van der Waals surface area contributed by atoms with Gasteiger partial charge in [-0.2, -0.15) is 0 Å². The van der Waals surface area contributed by atoms with Crippen LogP contribution in [-0.4, -0.2) is 13.1 Å². The highest BCUT2D eigenvalue weighted by molar-refractivity contribution is 6.32. The molecule has 1 aromatic carbocycles. The SMILES string of the molecule is CCCCN(CC)c1ccc(CCl)c(Cl)c1. The van der Waals surface area contributed by atoms with Crippen molar-refractivity contribution < 1.29 is 0 Å². The van der Waals surface area contributed by atoms with Gasteiger partial charge in [0.15, 0.2) is 0 Å². The molecular formula is C13H19Cl2N. The number of nitrogens with zero attached hydrogens (tertiary/aromatic N) is 1. The van der Waals surface area contributed by atoms with Gasteiger partial charge in [0.1, 0.15) is 0 Å². The van der Waals surface area contributed by atoms with Crippen molar-refractivity contribution in [1.82, 2.24) is 0 Å². The van der Waals surface area contributed by atoms with Gasteiger partial charge in [-0.1, -0.05) is 31.0 Å². The van der Waals surface area contributed by atoms with Crippen molar-refractivity contribution in [2.24, 2.45) is 0 Å². The molecule has 3 heteroatoms. The molecule has 0 saturated heterocycles. The molecule has 0 amide bonds. The van der Waals surface area contributed by atoms with Gasteiger partial charge in [-0.15, -0.1) is 11.6 Å². The van der Waals surface area contributed by atoms with Gasteiger partial charge < -0.3 is 4.90 Å². The molecule has 0 unspecified atom stereocenters. The van der Waals surface area contributed by atoms with E-state index in [4.69, 9.17) is 23.2 Å². The van der Waals surface area contributed by atoms with E-state index in [9.17, 15) is 0 Å². The molecule has 0 bridgehead atoms. The summed E-state index contributed by atoms with van der Waals surface area (Å²) < 4.78 is 0. The molecular weight excluding hydrogens is 241 g/mol. The smallest absolute Gasteiger partial charge is 0.0488 e. The third-order valence-corrected chi connectivity index (χ3v) is 3.35. The fourth-order valence-corrected chi connectivity index (χ4v) is 2.20. The molecule has 90 valence electrons. The van der Waals surface area contributed by atoms with E-state index in [-0.39, 0.29) is 0 Å². The first-order valence-corrected chi connectivity index (χ1v) is 6.73. The molecule has 0 aliphatic carbocycles. The van der Waals surface area contributed by atoms with E-state index in [2.05, 4.69) is 24.8 Å². The lowest BCUT2D eigenvalue weighted by Gasteiger charge is -2.23. The second-order valence-electron chi connectivity index (χ2n) is 3.84. The van der Waals surface area contributed by atoms with Crippen LogP contribution in [-0.2, 0) is 5.88 Å². The molecule has 0 aromatic heterocycles. The van der Waals surface area contributed by atoms with Crippen LogP contribution in [0, 0.1) is 0 Å². The Morgan fingerprint density at radius 1 is 1.25 bits per heavy atom. The minimum Gasteiger partial charge on any atom is -0.372 e. The summed E-state index contributed by atoms with van der Waals surface area (Å²) in [6.45, 7) is 6.47. The average Bonchev–Trinajstić information content (AvgIpc) is 2.30. The molecule has 0 radical (unpaired) electrons. The molecule has 0 aliphatic rings. The summed E-state index contributed by atoms with van der Waals surface area (Å²) in [7, 11) is 0. The molecule has 1 rings (SSSR count). The van der Waals surface area contributed by atoms with E-state index in [1.165, 1.54) is 18.5 Å². The Hall–Kier alpha value is -0.400. The van der Waals surface area contributed by atoms with Gasteiger partial charge in [-0.3, -0.25) is 0 Å². The lowest BCUT2D eigenvalue weighted by Crippen LogP contribution is -2.23. The summed E-state index contributed by atoms with van der Waals surface area (Å²) >= 11 is 11.9. The fourth-order valence-electron chi connectivity index (χ4n) is 1.66. The number of halogens is 2. The van der Waals surface area contributed by atoms with Crippen LogP contribution in [0.2, 0.25) is 5.02 Å². The van der Waals surface area contributed by atoms with Crippen LogP contribution < -0.4 is 4.90 Å². The molecule has 0 saturated carbocycles. The van der Waals surface area contributed by atoms with Crippen LogP contribution in [0.5, 0.6) is 0 Å². The third kappa shape index (κ3) is 3.57. The number of unbranched alkanes of at least 4 members (excludes halogenated alkanes) is 1. The Balaban J connectivity index is 2.80. The standard InChI is InChI=1S/C13H19Cl2N/c1-3-5-8-16(4-2)12-7-6-11(10-14)13(15)9-12/h6-7,9H,3-5,8,10H2,1-2H3. The zero-order chi connectivity index (χ0) is 12.0. The normalized spacial score (nSPS) is 10.5. The second kappa shape index (κ2) is 7.03. The Morgan fingerprint density at radius 3 is 2.50 bits per heavy atom. The van der Waals surface area contributed by atoms with Gasteiger partial charge in [-0.25, -0.2) is 0 Å². The maximum atomic E-state index is 6.15. The molecule has 0 spiro atoms. The minimum atomic E-state index is 0.472. The first-order valence-electron chi connectivity index (χ1n) is 5.82. The summed E-state index contributed by atoms with van der Waals surface area (Å²) in [5.41, 5.74) is 2.19. The summed E-state index contributed by atoms with van der Waals surface area (Å²) in [5.74, 6) is 0.472. The van der Waals surface area contributed by atoms with Crippen molar-refractivity contribution in [2.45, 2.75) is 32.6 Å². The van der Waals surface area contributed by atoms with E-state index in [0.29, 0.717) is 5.88 Å². The second-order valence-corrected chi connectivity index (χ2v) is 4.52. The number of hydrogen-bond acceptors (Lipinski definition) is 1. The number of alkyl halides is 1. The Kier molecular flexibility index (Phi) is 6.00. The largest absolute Gasteiger partial charge is 0.372 e. The van der Waals surface area contributed by atoms with Crippen LogP contribution in [0.4, 0.5) is 5.69 Å². The number of anilines is 1. The lowest BCUT2D eigenvalue weighted by molar-refractivity contribution is 0.732. The molecule has 0 fully saturated rings. The quantitative estimate of drug-likeness (QED) is 0.670. The highest BCUT2D eigenvalue weighted by atomic mass is 35.5. The summed E-state index contributed by atoms with van der Waals surface area (Å²) in [4.78, 5) is 2.34. The van der Waals surface area contributed by atoms with Gasteiger partial charge in [0.05, 0.1) is 0 Å². The molecule has 1 nitrogen and oxygen atoms in total. The number of benzene rings is 1. The fraction of sp³-hybridized carbons (Fsp3) is 0.538. The highest BCUT2D eigenvalue weighted by Gasteiger charge is 2.06. The predicted molar refractivity (Wildman–Crippen MR) is 73.8 cm³/mol. The first-order chi connectivity index (χ1) is 7.72. The average molecular weight is 260 g/mol. The highest BCUT2D eigenvalue weighted by Crippen LogP contribution is 2.25. The molecule has 0 atom stereocenters. The third-order valence-electron chi connectivity index (χ3n) is 2.71. The first kappa shape index (κ1) is 13.7. The van der Waals surface area contributed by atoms with Crippen molar-refractivity contribution in [1.29, 1.82) is 0 Å². The zero-order valence-electron chi connectivity index (χ0n) is 9.97. The van der Waals surface area contributed by atoms with Gasteiger partial charge >= 0.3 is 0 Å². The van der Waals surface area contributed by atoms with Gasteiger partial charge in [0, 0.05) is 29.7 Å². The topological polar surface area (TPSA) is 3.24 Å². The van der Waals surface area contributed by atoms with E-state index in [1.807, 2.05) is 12.1 Å². The zero-order valence-corrected chi connectivity index (χ0v) is 11.5. The van der Waals surface area contributed by atoms with Gasteiger partial charge in [0.25, 0.3) is 0 Å². The van der Waals surface area contributed by atoms with Crippen molar-refractivity contribution in [3.8, 4) is 0 Å². The molecule has 16 heavy (non-hydrogen) atoms. The van der Waals surface area contributed by atoms with Crippen molar-refractivity contribution >= 4 is 28.9 Å². The van der Waals surface area contributed by atoms with Gasteiger partial charge in [-0.05, 0) is 31.0 Å². The number of hydrogen-bond donors (Lipinski definition) is 0. The van der Waals surface area contributed by atoms with Crippen molar-refractivity contribution in [2.75, 3.05) is 18.0 Å². The van der Waals surface area contributed by atoms with E-state index in [1.54, 1.807) is 0 Å². The molecule has 0 heterocycles. The Bertz CT molecular complexity index is 326. The van der Waals surface area contributed by atoms with E-state index in [0.717, 1.165) is 23.7 Å². The predicted octanol–water partition coefficient (Wildman–Crippen LogP) is 4.71. The maximum Gasteiger partial charge on any atom is 0.0488 e. The van der Waals surface area contributed by atoms with Crippen molar-refractivity contribution in [3.63, 3.8) is 0 Å². The minimum absolute atomic E-state index is 0.472. The maximum absolute atomic E-state index is 6.15. The van der Waals surface area contributed by atoms with E-state index < -0.39 is 0 Å². The summed E-state index contributed by atoms with van der Waals surface area (Å²) in [6, 6.07) is 6.13.